The van der Waals surface area contributed by atoms with Crippen LogP contribution in [0.2, 0.25) is 5.02 Å². The van der Waals surface area contributed by atoms with Crippen LogP contribution in [0, 0.1) is 17.5 Å². The first-order chi connectivity index (χ1) is 17.1. The molecule has 0 radical (unpaired) electrons. The van der Waals surface area contributed by atoms with Crippen molar-refractivity contribution < 1.29 is 27.9 Å². The fourth-order valence-corrected chi connectivity index (χ4v) is 4.19. The molecule has 0 unspecified atom stereocenters. The second-order valence-electron chi connectivity index (χ2n) is 8.10. The van der Waals surface area contributed by atoms with Gasteiger partial charge in [0.15, 0.2) is 5.82 Å². The zero-order valence-electron chi connectivity index (χ0n) is 18.8. The van der Waals surface area contributed by atoms with Gasteiger partial charge < -0.3 is 10.4 Å². The van der Waals surface area contributed by atoms with E-state index in [1.807, 2.05) is 0 Å². The van der Waals surface area contributed by atoms with Crippen LogP contribution < -0.4 is 11.0 Å². The van der Waals surface area contributed by atoms with Gasteiger partial charge in [0, 0.05) is 19.2 Å². The van der Waals surface area contributed by atoms with Crippen molar-refractivity contribution in [2.75, 3.05) is 0 Å². The highest BCUT2D eigenvalue weighted by atomic mass is 35.5. The summed E-state index contributed by atoms with van der Waals surface area (Å²) >= 11 is 5.88. The van der Waals surface area contributed by atoms with Crippen molar-refractivity contribution >= 4 is 34.5 Å². The molecule has 4 rings (SSSR count). The molecule has 1 heterocycles. The average molecular weight is 518 g/mol. The monoisotopic (exact) mass is 517 g/mol. The molecule has 1 amide bonds. The lowest BCUT2D eigenvalue weighted by Gasteiger charge is -2.15. The number of rotatable bonds is 7. The summed E-state index contributed by atoms with van der Waals surface area (Å²) in [6, 6.07) is 10.5. The molecular formula is C25H19ClF3N3O4. The van der Waals surface area contributed by atoms with Crippen molar-refractivity contribution in [3.63, 3.8) is 0 Å². The van der Waals surface area contributed by atoms with Crippen molar-refractivity contribution in [3.05, 3.63) is 98.7 Å². The van der Waals surface area contributed by atoms with Crippen LogP contribution >= 0.6 is 11.6 Å². The Morgan fingerprint density at radius 1 is 1.06 bits per heavy atom. The van der Waals surface area contributed by atoms with E-state index in [1.54, 1.807) is 24.3 Å². The standard InChI is InChI=1S/C25H19ClF3N3O4/c1-31-20-12-14(27)11-18(29)22(20)32(25(31)36)15-8-5-13(6-9-15)7-10-19(24(34)35)30-23(33)21-16(26)3-2-4-17(21)28/h2-6,8-9,11-12,19H,7,10H2,1H3,(H,30,33)(H,34,35)/t19-/m0/s1. The van der Waals surface area contributed by atoms with E-state index in [2.05, 4.69) is 5.32 Å². The molecule has 0 aliphatic rings. The molecule has 0 bridgehead atoms. The maximum Gasteiger partial charge on any atom is 0.333 e. The Hall–Kier alpha value is -4.05. The van der Waals surface area contributed by atoms with E-state index >= 15 is 0 Å². The largest absolute Gasteiger partial charge is 0.480 e. The van der Waals surface area contributed by atoms with Gasteiger partial charge in [0.05, 0.1) is 21.8 Å². The molecule has 11 heteroatoms. The molecule has 2 N–H and O–H groups in total. The highest BCUT2D eigenvalue weighted by Gasteiger charge is 2.24. The van der Waals surface area contributed by atoms with E-state index in [1.165, 1.54) is 19.2 Å². The second kappa shape index (κ2) is 9.90. The van der Waals surface area contributed by atoms with Gasteiger partial charge in [-0.1, -0.05) is 29.8 Å². The summed E-state index contributed by atoms with van der Waals surface area (Å²) in [6.07, 6.45) is 0.196. The minimum atomic E-state index is -1.32. The quantitative estimate of drug-likeness (QED) is 0.384. The molecule has 0 aliphatic heterocycles. The summed E-state index contributed by atoms with van der Waals surface area (Å²) < 4.78 is 44.4. The zero-order chi connectivity index (χ0) is 26.1. The molecule has 0 spiro atoms. The first-order valence-electron chi connectivity index (χ1n) is 10.7. The first-order valence-corrected chi connectivity index (χ1v) is 11.1. The number of aromatic nitrogens is 2. The number of nitrogens with zero attached hydrogens (tertiary/aromatic N) is 2. The number of fused-ring (bicyclic) bond motifs is 1. The Morgan fingerprint density at radius 3 is 2.39 bits per heavy atom. The molecular weight excluding hydrogens is 499 g/mol. The van der Waals surface area contributed by atoms with E-state index in [-0.39, 0.29) is 28.9 Å². The minimum absolute atomic E-state index is 0.0192. The number of aliphatic carboxylic acids is 1. The lowest BCUT2D eigenvalue weighted by atomic mass is 10.0. The number of amides is 1. The third-order valence-electron chi connectivity index (χ3n) is 5.78. The number of carboxylic acid groups (broad SMARTS) is 1. The molecule has 4 aromatic rings. The number of hydrogen-bond donors (Lipinski definition) is 2. The number of nitrogens with one attached hydrogen (secondary N) is 1. The Bertz CT molecular complexity index is 1530. The summed E-state index contributed by atoms with van der Waals surface area (Å²) in [5, 5.41) is 11.6. The molecule has 1 atom stereocenters. The number of benzene rings is 3. The second-order valence-corrected chi connectivity index (χ2v) is 8.51. The van der Waals surface area contributed by atoms with Crippen molar-refractivity contribution in [1.82, 2.24) is 14.5 Å². The number of imidazole rings is 1. The van der Waals surface area contributed by atoms with Crippen LogP contribution in [-0.4, -0.2) is 32.2 Å². The van der Waals surface area contributed by atoms with Gasteiger partial charge in [-0.2, -0.15) is 0 Å². The summed E-state index contributed by atoms with van der Waals surface area (Å²) in [7, 11) is 1.41. The maximum atomic E-state index is 14.5. The predicted molar refractivity (Wildman–Crippen MR) is 127 cm³/mol. The van der Waals surface area contributed by atoms with Gasteiger partial charge in [-0.15, -0.1) is 0 Å². The molecule has 0 saturated heterocycles. The molecule has 7 nitrogen and oxygen atoms in total. The molecule has 1 aromatic heterocycles. The first kappa shape index (κ1) is 25.1. The van der Waals surface area contributed by atoms with Gasteiger partial charge >= 0.3 is 11.7 Å². The summed E-state index contributed by atoms with van der Waals surface area (Å²) in [6.45, 7) is 0. The molecule has 0 aliphatic carbocycles. The van der Waals surface area contributed by atoms with Crippen molar-refractivity contribution in [3.8, 4) is 5.69 Å². The van der Waals surface area contributed by atoms with E-state index < -0.39 is 46.6 Å². The number of halogens is 4. The molecule has 0 saturated carbocycles. The number of aryl methyl sites for hydroxylation is 2. The topological polar surface area (TPSA) is 93.3 Å². The molecule has 36 heavy (non-hydrogen) atoms. The SMILES string of the molecule is Cn1c(=O)n(-c2ccc(CC[C@H](NC(=O)c3c(F)cccc3Cl)C(=O)O)cc2)c2c(F)cc(F)cc21. The normalized spacial score (nSPS) is 12.0. The van der Waals surface area contributed by atoms with Crippen molar-refractivity contribution in [2.24, 2.45) is 7.05 Å². The van der Waals surface area contributed by atoms with Gasteiger partial charge in [0.1, 0.15) is 23.2 Å². The highest BCUT2D eigenvalue weighted by molar-refractivity contribution is 6.33. The lowest BCUT2D eigenvalue weighted by Crippen LogP contribution is -2.41. The zero-order valence-corrected chi connectivity index (χ0v) is 19.5. The van der Waals surface area contributed by atoms with Crippen LogP contribution in [0.15, 0.2) is 59.4 Å². The fourth-order valence-electron chi connectivity index (χ4n) is 3.94. The Labute approximate surface area is 207 Å². The lowest BCUT2D eigenvalue weighted by molar-refractivity contribution is -0.139. The highest BCUT2D eigenvalue weighted by Crippen LogP contribution is 2.23. The predicted octanol–water partition coefficient (Wildman–Crippen LogP) is 4.22. The fraction of sp³-hybridized carbons (Fsp3) is 0.160. The minimum Gasteiger partial charge on any atom is -0.480 e. The van der Waals surface area contributed by atoms with Gasteiger partial charge in [0.25, 0.3) is 5.91 Å². The Kier molecular flexibility index (Phi) is 6.89. The average Bonchev–Trinajstić information content (AvgIpc) is 3.07. The molecule has 186 valence electrons. The summed E-state index contributed by atoms with van der Waals surface area (Å²) in [4.78, 5) is 36.8. The van der Waals surface area contributed by atoms with Crippen molar-refractivity contribution in [1.29, 1.82) is 0 Å². The Balaban J connectivity index is 1.53. The van der Waals surface area contributed by atoms with Crippen LogP contribution in [0.1, 0.15) is 22.3 Å². The van der Waals surface area contributed by atoms with Gasteiger partial charge in [0.2, 0.25) is 0 Å². The van der Waals surface area contributed by atoms with Crippen LogP contribution in [0.3, 0.4) is 0 Å². The van der Waals surface area contributed by atoms with E-state index in [0.717, 1.165) is 21.3 Å². The Morgan fingerprint density at radius 2 is 1.75 bits per heavy atom. The van der Waals surface area contributed by atoms with E-state index in [0.29, 0.717) is 17.3 Å². The van der Waals surface area contributed by atoms with Gasteiger partial charge in [-0.05, 0) is 42.7 Å². The van der Waals surface area contributed by atoms with Gasteiger partial charge in [-0.25, -0.2) is 22.8 Å². The van der Waals surface area contributed by atoms with Crippen LogP contribution in [0.25, 0.3) is 16.7 Å². The summed E-state index contributed by atoms with van der Waals surface area (Å²) in [5.41, 5.74) is 0.0129. The van der Waals surface area contributed by atoms with Crippen LogP contribution in [-0.2, 0) is 18.3 Å². The molecule has 3 aromatic carbocycles. The van der Waals surface area contributed by atoms with E-state index in [9.17, 15) is 32.7 Å². The smallest absolute Gasteiger partial charge is 0.333 e. The number of carboxylic acids is 1. The number of hydrogen-bond acceptors (Lipinski definition) is 3. The van der Waals surface area contributed by atoms with Crippen LogP contribution in [0.5, 0.6) is 0 Å². The third kappa shape index (κ3) is 4.72. The number of carbonyl (C=O) groups excluding carboxylic acids is 1. The number of carbonyl (C=O) groups is 2. The third-order valence-corrected chi connectivity index (χ3v) is 6.10. The van der Waals surface area contributed by atoms with Gasteiger partial charge in [-0.3, -0.25) is 13.9 Å². The van der Waals surface area contributed by atoms with Crippen LogP contribution in [0.4, 0.5) is 13.2 Å². The summed E-state index contributed by atoms with van der Waals surface area (Å²) in [5.74, 6) is -4.82. The molecule has 0 fully saturated rings. The maximum absolute atomic E-state index is 14.5. The van der Waals surface area contributed by atoms with Crippen molar-refractivity contribution in [2.45, 2.75) is 18.9 Å². The van der Waals surface area contributed by atoms with E-state index in [4.69, 9.17) is 11.6 Å².